The number of nitrogens with zero attached hydrogens (tertiary/aromatic N) is 8. The molecule has 4 heterocycles. The average Bonchev–Trinajstić information content (AvgIpc) is 3.36. The molecule has 0 saturated carbocycles. The summed E-state index contributed by atoms with van der Waals surface area (Å²) in [4.78, 5) is 23.7. The Balaban J connectivity index is 1.39. The molecule has 3 aromatic rings. The molecule has 0 radical (unpaired) electrons. The van der Waals surface area contributed by atoms with E-state index in [1.54, 1.807) is 10.9 Å². The molecule has 9 nitrogen and oxygen atoms in total. The van der Waals surface area contributed by atoms with Crippen LogP contribution in [0.5, 0.6) is 0 Å². The number of likely N-dealkylation sites (tertiary alicyclic amines) is 1. The molecule has 4 rings (SSSR count). The van der Waals surface area contributed by atoms with Crippen LogP contribution in [0, 0.1) is 6.92 Å². The van der Waals surface area contributed by atoms with Crippen LogP contribution in [-0.2, 0) is 17.9 Å². The van der Waals surface area contributed by atoms with Gasteiger partial charge in [0.1, 0.15) is 11.6 Å². The van der Waals surface area contributed by atoms with E-state index in [-0.39, 0.29) is 11.8 Å². The van der Waals surface area contributed by atoms with Crippen molar-refractivity contribution < 1.29 is 4.79 Å². The fraction of sp³-hybridized carbons (Fsp3) is 0.474. The first-order chi connectivity index (χ1) is 13.7. The van der Waals surface area contributed by atoms with Crippen LogP contribution in [0.3, 0.4) is 0 Å². The lowest BCUT2D eigenvalue weighted by molar-refractivity contribution is -0.132. The normalized spacial score (nSPS) is 17.0. The van der Waals surface area contributed by atoms with E-state index in [9.17, 15) is 4.79 Å². The van der Waals surface area contributed by atoms with Gasteiger partial charge >= 0.3 is 0 Å². The van der Waals surface area contributed by atoms with E-state index >= 15 is 0 Å². The van der Waals surface area contributed by atoms with Crippen LogP contribution in [0.1, 0.15) is 42.5 Å². The Labute approximate surface area is 163 Å². The lowest BCUT2D eigenvalue weighted by Crippen LogP contribution is -2.40. The Morgan fingerprint density at radius 3 is 2.96 bits per heavy atom. The highest BCUT2D eigenvalue weighted by atomic mass is 16.2. The zero-order chi connectivity index (χ0) is 19.3. The van der Waals surface area contributed by atoms with Gasteiger partial charge in [0.15, 0.2) is 0 Å². The highest BCUT2D eigenvalue weighted by Gasteiger charge is 2.27. The molecule has 9 heteroatoms. The monoisotopic (exact) mass is 380 g/mol. The molecule has 0 bridgehead atoms. The van der Waals surface area contributed by atoms with Crippen LogP contribution in [0.2, 0.25) is 0 Å². The second kappa shape index (κ2) is 8.28. The summed E-state index contributed by atoms with van der Waals surface area (Å²) in [5.74, 6) is 2.13. The summed E-state index contributed by atoms with van der Waals surface area (Å²) in [5.41, 5.74) is 1.00. The maximum atomic E-state index is 12.7. The molecule has 1 unspecified atom stereocenters. The number of amides is 1. The summed E-state index contributed by atoms with van der Waals surface area (Å²) in [7, 11) is 0. The minimum Gasteiger partial charge on any atom is -0.342 e. The quantitative estimate of drug-likeness (QED) is 0.642. The summed E-state index contributed by atoms with van der Waals surface area (Å²) in [6.45, 7) is 4.53. The van der Waals surface area contributed by atoms with E-state index in [1.165, 1.54) is 0 Å². The van der Waals surface area contributed by atoms with Gasteiger partial charge in [0.2, 0.25) is 5.91 Å². The van der Waals surface area contributed by atoms with Crippen molar-refractivity contribution in [2.45, 2.75) is 45.2 Å². The summed E-state index contributed by atoms with van der Waals surface area (Å²) < 4.78 is 3.81. The summed E-state index contributed by atoms with van der Waals surface area (Å²) in [6, 6.07) is 5.92. The summed E-state index contributed by atoms with van der Waals surface area (Å²) in [5, 5.41) is 11.4. The highest BCUT2D eigenvalue weighted by molar-refractivity contribution is 5.76. The molecule has 0 aromatic carbocycles. The van der Waals surface area contributed by atoms with Crippen molar-refractivity contribution >= 4 is 5.91 Å². The van der Waals surface area contributed by atoms with E-state index in [0.29, 0.717) is 26.1 Å². The zero-order valence-electron chi connectivity index (χ0n) is 16.0. The Morgan fingerprint density at radius 2 is 2.18 bits per heavy atom. The lowest BCUT2D eigenvalue weighted by atomic mass is 9.96. The summed E-state index contributed by atoms with van der Waals surface area (Å²) in [6.07, 6.45) is 8.05. The number of aryl methyl sites for hydroxylation is 2. The average molecular weight is 380 g/mol. The van der Waals surface area contributed by atoms with Crippen LogP contribution in [0.15, 0.2) is 36.8 Å². The molecule has 0 spiro atoms. The molecule has 1 atom stereocenters. The van der Waals surface area contributed by atoms with Crippen molar-refractivity contribution in [2.75, 3.05) is 13.1 Å². The maximum absolute atomic E-state index is 12.7. The van der Waals surface area contributed by atoms with Crippen LogP contribution in [0.25, 0.3) is 0 Å². The van der Waals surface area contributed by atoms with E-state index in [0.717, 1.165) is 36.7 Å². The van der Waals surface area contributed by atoms with Gasteiger partial charge in [-0.25, -0.2) is 9.67 Å². The molecule has 0 aliphatic carbocycles. The van der Waals surface area contributed by atoms with Crippen molar-refractivity contribution in [2.24, 2.45) is 0 Å². The van der Waals surface area contributed by atoms with Crippen molar-refractivity contribution in [1.29, 1.82) is 0 Å². The fourth-order valence-corrected chi connectivity index (χ4v) is 3.71. The number of hydrogen-bond acceptors (Lipinski definition) is 6. The van der Waals surface area contributed by atoms with Crippen LogP contribution >= 0.6 is 0 Å². The Kier molecular flexibility index (Phi) is 5.41. The van der Waals surface area contributed by atoms with E-state index in [4.69, 9.17) is 0 Å². The highest BCUT2D eigenvalue weighted by Crippen LogP contribution is 2.26. The number of tetrazole rings is 1. The van der Waals surface area contributed by atoms with Gasteiger partial charge in [0, 0.05) is 44.0 Å². The Hall–Kier alpha value is -3.10. The van der Waals surface area contributed by atoms with Gasteiger partial charge in [-0.05, 0) is 42.3 Å². The van der Waals surface area contributed by atoms with Gasteiger partial charge in [-0.2, -0.15) is 0 Å². The largest absolute Gasteiger partial charge is 0.342 e. The number of rotatable bonds is 6. The number of aromatic nitrogens is 7. The first kappa shape index (κ1) is 18.3. The molecule has 28 heavy (non-hydrogen) atoms. The van der Waals surface area contributed by atoms with Gasteiger partial charge in [-0.1, -0.05) is 6.07 Å². The first-order valence-corrected chi connectivity index (χ1v) is 9.62. The number of carbonyl (C=O) groups excluding carboxylic acids is 1. The minimum atomic E-state index is 0.141. The van der Waals surface area contributed by atoms with Crippen LogP contribution < -0.4 is 0 Å². The molecule has 1 fully saturated rings. The van der Waals surface area contributed by atoms with Gasteiger partial charge < -0.3 is 9.47 Å². The molecule has 1 aliphatic heterocycles. The third-order valence-corrected chi connectivity index (χ3v) is 5.19. The van der Waals surface area contributed by atoms with Gasteiger partial charge in [-0.15, -0.1) is 5.10 Å². The summed E-state index contributed by atoms with van der Waals surface area (Å²) >= 11 is 0. The first-order valence-electron chi connectivity index (χ1n) is 9.62. The third-order valence-electron chi connectivity index (χ3n) is 5.19. The molecular formula is C19H24N8O. The molecular weight excluding hydrogens is 356 g/mol. The van der Waals surface area contributed by atoms with E-state index in [1.807, 2.05) is 42.4 Å². The maximum Gasteiger partial charge on any atom is 0.224 e. The predicted octanol–water partition coefficient (Wildman–Crippen LogP) is 1.42. The smallest absolute Gasteiger partial charge is 0.224 e. The van der Waals surface area contributed by atoms with E-state index in [2.05, 4.69) is 30.1 Å². The molecule has 1 amide bonds. The molecule has 3 aromatic heterocycles. The molecule has 0 N–H and O–H groups in total. The Morgan fingerprint density at radius 1 is 1.25 bits per heavy atom. The van der Waals surface area contributed by atoms with Crippen molar-refractivity contribution in [3.63, 3.8) is 0 Å². The van der Waals surface area contributed by atoms with E-state index < -0.39 is 0 Å². The van der Waals surface area contributed by atoms with Crippen LogP contribution in [-0.4, -0.2) is 58.6 Å². The van der Waals surface area contributed by atoms with Crippen molar-refractivity contribution in [3.8, 4) is 0 Å². The number of pyridine rings is 1. The molecule has 146 valence electrons. The van der Waals surface area contributed by atoms with Gasteiger partial charge in [-0.3, -0.25) is 9.78 Å². The minimum absolute atomic E-state index is 0.141. The van der Waals surface area contributed by atoms with Crippen molar-refractivity contribution in [1.82, 2.24) is 39.6 Å². The predicted molar refractivity (Wildman–Crippen MR) is 101 cm³/mol. The second-order valence-electron chi connectivity index (χ2n) is 7.11. The fourth-order valence-electron chi connectivity index (χ4n) is 3.71. The lowest BCUT2D eigenvalue weighted by Gasteiger charge is -2.32. The second-order valence-corrected chi connectivity index (χ2v) is 7.11. The number of imidazole rings is 1. The number of hydrogen-bond donors (Lipinski definition) is 0. The Bertz CT molecular complexity index is 919. The zero-order valence-corrected chi connectivity index (χ0v) is 16.0. The van der Waals surface area contributed by atoms with Crippen LogP contribution in [0.4, 0.5) is 0 Å². The topological polar surface area (TPSA) is 94.6 Å². The van der Waals surface area contributed by atoms with Gasteiger partial charge in [0.05, 0.1) is 18.8 Å². The molecule has 1 saturated heterocycles. The number of carbonyl (C=O) groups is 1. The standard InChI is InChI=1S/C19H24N8O/c1-15-22-23-24-27(15)11-7-18(28)25-10-4-5-16(13-25)19-21-9-12-26(19)14-17-6-2-3-8-20-17/h2-3,6,8-9,12,16H,4-5,7,10-11,13-14H2,1H3. The number of piperidine rings is 1. The van der Waals surface area contributed by atoms with Gasteiger partial charge in [0.25, 0.3) is 0 Å². The van der Waals surface area contributed by atoms with Crippen molar-refractivity contribution in [3.05, 3.63) is 54.1 Å². The SMILES string of the molecule is Cc1nnnn1CCC(=O)N1CCCC(c2nccn2Cc2ccccn2)C1. The molecule has 1 aliphatic rings. The third kappa shape index (κ3) is 4.08.